The van der Waals surface area contributed by atoms with Gasteiger partial charge in [-0.05, 0) is 25.2 Å². The molecule has 0 bridgehead atoms. The van der Waals surface area contributed by atoms with Crippen molar-refractivity contribution in [3.05, 3.63) is 11.6 Å². The van der Waals surface area contributed by atoms with E-state index in [9.17, 15) is 4.79 Å². The number of carbonyl (C=O) groups excluding carboxylic acids is 1. The molecule has 3 heteroatoms. The molecule has 1 aliphatic heterocycles. The summed E-state index contributed by atoms with van der Waals surface area (Å²) in [5.41, 5.74) is 5.97. The molecule has 1 amide bonds. The van der Waals surface area contributed by atoms with E-state index < -0.39 is 0 Å². The van der Waals surface area contributed by atoms with Crippen LogP contribution in [0.5, 0.6) is 0 Å². The average molecular weight is 194 g/mol. The molecule has 3 nitrogen and oxygen atoms in total. The first-order valence-electron chi connectivity index (χ1n) is 5.49. The zero-order chi connectivity index (χ0) is 9.97. The fourth-order valence-electron chi connectivity index (χ4n) is 2.57. The maximum absolute atomic E-state index is 10.9. The van der Waals surface area contributed by atoms with Crippen molar-refractivity contribution in [2.24, 2.45) is 11.7 Å². The lowest BCUT2D eigenvalue weighted by Gasteiger charge is -2.27. The predicted octanol–water partition coefficient (Wildman–Crippen LogP) is 0.950. The monoisotopic (exact) mass is 194 g/mol. The van der Waals surface area contributed by atoms with E-state index in [4.69, 9.17) is 5.73 Å². The van der Waals surface area contributed by atoms with Gasteiger partial charge in [0.1, 0.15) is 0 Å². The van der Waals surface area contributed by atoms with Crippen molar-refractivity contribution in [2.45, 2.75) is 38.1 Å². The third-order valence-electron chi connectivity index (χ3n) is 3.46. The summed E-state index contributed by atoms with van der Waals surface area (Å²) in [6.45, 7) is 0.663. The Morgan fingerprint density at radius 1 is 1.43 bits per heavy atom. The zero-order valence-electron chi connectivity index (χ0n) is 8.46. The molecule has 2 aliphatic rings. The maximum Gasteiger partial charge on any atom is 0.245 e. The number of hydrogen-bond donors (Lipinski definition) is 2. The van der Waals surface area contributed by atoms with Crippen LogP contribution in [0, 0.1) is 5.92 Å². The highest BCUT2D eigenvalue weighted by Gasteiger charge is 2.26. The predicted molar refractivity (Wildman–Crippen MR) is 55.6 cm³/mol. The molecule has 1 saturated carbocycles. The summed E-state index contributed by atoms with van der Waals surface area (Å²) in [5.74, 6) is 0.544. The maximum atomic E-state index is 10.9. The van der Waals surface area contributed by atoms with Gasteiger partial charge in [-0.1, -0.05) is 18.9 Å². The van der Waals surface area contributed by atoms with Crippen LogP contribution in [-0.2, 0) is 4.79 Å². The van der Waals surface area contributed by atoms with Gasteiger partial charge in [0.2, 0.25) is 5.91 Å². The summed E-state index contributed by atoms with van der Waals surface area (Å²) >= 11 is 0. The lowest BCUT2D eigenvalue weighted by molar-refractivity contribution is -0.114. The molecule has 0 spiro atoms. The Bertz CT molecular complexity index is 254. The highest BCUT2D eigenvalue weighted by molar-refractivity contribution is 5.92. The molecule has 2 rings (SSSR count). The van der Waals surface area contributed by atoms with Crippen LogP contribution < -0.4 is 11.1 Å². The van der Waals surface area contributed by atoms with Crippen molar-refractivity contribution in [3.8, 4) is 0 Å². The minimum atomic E-state index is -0.276. The van der Waals surface area contributed by atoms with Crippen LogP contribution in [0.15, 0.2) is 11.6 Å². The fourth-order valence-corrected chi connectivity index (χ4v) is 2.57. The van der Waals surface area contributed by atoms with Crippen LogP contribution in [0.4, 0.5) is 0 Å². The summed E-state index contributed by atoms with van der Waals surface area (Å²) in [6.07, 6.45) is 8.42. The van der Waals surface area contributed by atoms with Gasteiger partial charge in [-0.15, -0.1) is 0 Å². The van der Waals surface area contributed by atoms with E-state index in [1.165, 1.54) is 25.7 Å². The van der Waals surface area contributed by atoms with Gasteiger partial charge < -0.3 is 11.1 Å². The first-order chi connectivity index (χ1) is 6.77. The topological polar surface area (TPSA) is 55.1 Å². The smallest absolute Gasteiger partial charge is 0.245 e. The number of nitrogens with two attached hydrogens (primary N) is 1. The van der Waals surface area contributed by atoms with E-state index in [1.54, 1.807) is 0 Å². The van der Waals surface area contributed by atoms with Crippen LogP contribution in [0.25, 0.3) is 0 Å². The van der Waals surface area contributed by atoms with E-state index >= 15 is 0 Å². The molecular weight excluding hydrogens is 176 g/mol. The Kier molecular flexibility index (Phi) is 2.87. The second-order valence-electron chi connectivity index (χ2n) is 4.36. The summed E-state index contributed by atoms with van der Waals surface area (Å²) in [7, 11) is 0. The standard InChI is InChI=1S/C11H18N2O/c12-11(14)9-5-6-10(13-7-9)8-3-1-2-4-8/h5,8,10,13H,1-4,6-7H2,(H2,12,14). The van der Waals surface area contributed by atoms with Gasteiger partial charge in [-0.25, -0.2) is 0 Å². The number of rotatable bonds is 2. The van der Waals surface area contributed by atoms with Gasteiger partial charge in [0.25, 0.3) is 0 Å². The summed E-state index contributed by atoms with van der Waals surface area (Å²) in [6, 6.07) is 0.584. The van der Waals surface area contributed by atoms with Crippen LogP contribution in [0.1, 0.15) is 32.1 Å². The first-order valence-corrected chi connectivity index (χ1v) is 5.49. The fraction of sp³-hybridized carbons (Fsp3) is 0.727. The number of carbonyl (C=O) groups is 1. The minimum absolute atomic E-state index is 0.276. The van der Waals surface area contributed by atoms with Gasteiger partial charge in [-0.3, -0.25) is 4.79 Å². The van der Waals surface area contributed by atoms with Gasteiger partial charge in [0.15, 0.2) is 0 Å². The molecule has 0 saturated heterocycles. The highest BCUT2D eigenvalue weighted by atomic mass is 16.1. The van der Waals surface area contributed by atoms with E-state index in [-0.39, 0.29) is 5.91 Å². The summed E-state index contributed by atoms with van der Waals surface area (Å²) in [4.78, 5) is 10.9. The number of primary amides is 1. The first kappa shape index (κ1) is 9.71. The normalized spacial score (nSPS) is 28.9. The molecule has 78 valence electrons. The largest absolute Gasteiger partial charge is 0.366 e. The number of nitrogens with one attached hydrogen (secondary N) is 1. The molecule has 3 N–H and O–H groups in total. The Labute approximate surface area is 84.7 Å². The molecule has 1 unspecified atom stereocenters. The SMILES string of the molecule is NC(=O)C1=CCC(C2CCCC2)NC1. The van der Waals surface area contributed by atoms with Gasteiger partial charge in [0.05, 0.1) is 0 Å². The molecule has 1 aliphatic carbocycles. The van der Waals surface area contributed by atoms with Gasteiger partial charge in [-0.2, -0.15) is 0 Å². The second kappa shape index (κ2) is 4.13. The van der Waals surface area contributed by atoms with E-state index in [1.807, 2.05) is 6.08 Å². The molecule has 0 aromatic carbocycles. The Morgan fingerprint density at radius 3 is 2.64 bits per heavy atom. The van der Waals surface area contributed by atoms with E-state index in [0.717, 1.165) is 17.9 Å². The average Bonchev–Trinajstić information content (AvgIpc) is 2.71. The Balaban J connectivity index is 1.91. The molecule has 0 aromatic heterocycles. The van der Waals surface area contributed by atoms with Crippen molar-refractivity contribution in [2.75, 3.05) is 6.54 Å². The summed E-state index contributed by atoms with van der Waals surface area (Å²) in [5, 5.41) is 3.42. The van der Waals surface area contributed by atoms with Crippen LogP contribution in [0.3, 0.4) is 0 Å². The van der Waals surface area contributed by atoms with Gasteiger partial charge >= 0.3 is 0 Å². The van der Waals surface area contributed by atoms with Crippen LogP contribution in [0.2, 0.25) is 0 Å². The molecular formula is C11H18N2O. The minimum Gasteiger partial charge on any atom is -0.366 e. The number of amides is 1. The molecule has 0 radical (unpaired) electrons. The lowest BCUT2D eigenvalue weighted by Crippen LogP contribution is -2.41. The quantitative estimate of drug-likeness (QED) is 0.687. The molecule has 1 atom stereocenters. The Hall–Kier alpha value is -0.830. The lowest BCUT2D eigenvalue weighted by atomic mass is 9.92. The Morgan fingerprint density at radius 2 is 2.14 bits per heavy atom. The molecule has 14 heavy (non-hydrogen) atoms. The van der Waals surface area contributed by atoms with E-state index in [0.29, 0.717) is 12.6 Å². The van der Waals surface area contributed by atoms with Crippen LogP contribution in [-0.4, -0.2) is 18.5 Å². The van der Waals surface area contributed by atoms with Crippen molar-refractivity contribution in [1.82, 2.24) is 5.32 Å². The van der Waals surface area contributed by atoms with Crippen LogP contribution >= 0.6 is 0 Å². The molecule has 0 aromatic rings. The highest BCUT2D eigenvalue weighted by Crippen LogP contribution is 2.30. The molecule has 1 fully saturated rings. The third kappa shape index (κ3) is 1.98. The second-order valence-corrected chi connectivity index (χ2v) is 4.36. The summed E-state index contributed by atoms with van der Waals surface area (Å²) < 4.78 is 0. The zero-order valence-corrected chi connectivity index (χ0v) is 8.46. The number of hydrogen-bond acceptors (Lipinski definition) is 2. The van der Waals surface area contributed by atoms with Crippen molar-refractivity contribution in [1.29, 1.82) is 0 Å². The van der Waals surface area contributed by atoms with Crippen molar-refractivity contribution < 1.29 is 4.79 Å². The van der Waals surface area contributed by atoms with E-state index in [2.05, 4.69) is 5.32 Å². The third-order valence-corrected chi connectivity index (χ3v) is 3.46. The molecule has 1 heterocycles. The van der Waals surface area contributed by atoms with Crippen molar-refractivity contribution >= 4 is 5.91 Å². The van der Waals surface area contributed by atoms with Gasteiger partial charge in [0, 0.05) is 18.2 Å². The van der Waals surface area contributed by atoms with Crippen molar-refractivity contribution in [3.63, 3.8) is 0 Å².